The number of sulfonamides is 1. The predicted octanol–water partition coefficient (Wildman–Crippen LogP) is 0.622. The van der Waals surface area contributed by atoms with Crippen LogP contribution in [0.3, 0.4) is 0 Å². The lowest BCUT2D eigenvalue weighted by Crippen LogP contribution is -2.40. The number of hydrogen-bond acceptors (Lipinski definition) is 8. The normalized spacial score (nSPS) is 14.8. The van der Waals surface area contributed by atoms with Crippen LogP contribution in [0.5, 0.6) is 5.75 Å². The molecule has 168 valence electrons. The molecule has 0 bridgehead atoms. The zero-order valence-corrected chi connectivity index (χ0v) is 18.2. The van der Waals surface area contributed by atoms with Gasteiger partial charge in [-0.15, -0.1) is 5.10 Å². The van der Waals surface area contributed by atoms with E-state index in [1.54, 1.807) is 31.4 Å². The average molecular weight is 459 g/mol. The van der Waals surface area contributed by atoms with Crippen LogP contribution in [-0.2, 0) is 21.3 Å². The summed E-state index contributed by atoms with van der Waals surface area (Å²) in [5.41, 5.74) is 1.05. The first kappa shape index (κ1) is 21.9. The van der Waals surface area contributed by atoms with E-state index in [0.717, 1.165) is 5.69 Å². The SMILES string of the molecule is COc1ccc(-n2nnnc2CNC(=O)c2ccc(S(=O)(=O)N3CCOCC3)cc2)cc1. The lowest BCUT2D eigenvalue weighted by Gasteiger charge is -2.26. The Kier molecular flexibility index (Phi) is 6.44. The first-order chi connectivity index (χ1) is 15.5. The standard InChI is InChI=1S/C20H22N6O5S/c1-30-17-6-4-16(5-7-17)26-19(22-23-24-26)14-21-20(27)15-2-8-18(9-3-15)32(28,29)25-10-12-31-13-11-25/h2-9H,10-14H2,1H3,(H,21,27). The Labute approximate surface area is 185 Å². The molecule has 0 saturated carbocycles. The molecule has 2 aromatic carbocycles. The van der Waals surface area contributed by atoms with Crippen molar-refractivity contribution in [3.8, 4) is 11.4 Å². The van der Waals surface area contributed by atoms with Crippen molar-refractivity contribution < 1.29 is 22.7 Å². The Balaban J connectivity index is 1.41. The lowest BCUT2D eigenvalue weighted by atomic mass is 10.2. The number of hydrogen-bond donors (Lipinski definition) is 1. The number of nitrogens with zero attached hydrogens (tertiary/aromatic N) is 5. The van der Waals surface area contributed by atoms with E-state index in [2.05, 4.69) is 20.8 Å². The predicted molar refractivity (Wildman–Crippen MR) is 113 cm³/mol. The second-order valence-corrected chi connectivity index (χ2v) is 8.87. The van der Waals surface area contributed by atoms with E-state index in [9.17, 15) is 13.2 Å². The number of aromatic nitrogens is 4. The number of benzene rings is 2. The molecule has 2 heterocycles. The number of methoxy groups -OCH3 is 1. The Morgan fingerprint density at radius 1 is 1.09 bits per heavy atom. The summed E-state index contributed by atoms with van der Waals surface area (Å²) in [4.78, 5) is 12.7. The van der Waals surface area contributed by atoms with Gasteiger partial charge in [0, 0.05) is 18.7 Å². The van der Waals surface area contributed by atoms with Crippen LogP contribution < -0.4 is 10.1 Å². The molecule has 0 radical (unpaired) electrons. The molecular formula is C20H22N6O5S. The summed E-state index contributed by atoms with van der Waals surface area (Å²) in [6.07, 6.45) is 0. The van der Waals surface area contributed by atoms with Crippen molar-refractivity contribution in [3.63, 3.8) is 0 Å². The van der Waals surface area contributed by atoms with Crippen molar-refractivity contribution in [1.82, 2.24) is 29.8 Å². The molecule has 12 heteroatoms. The third kappa shape index (κ3) is 4.61. The summed E-state index contributed by atoms with van der Waals surface area (Å²) in [5.74, 6) is 0.774. The molecule has 1 amide bonds. The van der Waals surface area contributed by atoms with Gasteiger partial charge < -0.3 is 14.8 Å². The molecule has 4 rings (SSSR count). The van der Waals surface area contributed by atoms with Crippen LogP contribution in [0.25, 0.3) is 5.69 Å². The van der Waals surface area contributed by atoms with Crippen LogP contribution in [0.2, 0.25) is 0 Å². The molecule has 0 atom stereocenters. The summed E-state index contributed by atoms with van der Waals surface area (Å²) < 4.78 is 38.6. The van der Waals surface area contributed by atoms with Gasteiger partial charge in [-0.05, 0) is 59.0 Å². The molecule has 1 aromatic heterocycles. The molecule has 1 aliphatic rings. The van der Waals surface area contributed by atoms with Gasteiger partial charge in [0.1, 0.15) is 5.75 Å². The zero-order chi connectivity index (χ0) is 22.6. The highest BCUT2D eigenvalue weighted by Gasteiger charge is 2.26. The average Bonchev–Trinajstić information content (AvgIpc) is 3.32. The van der Waals surface area contributed by atoms with Gasteiger partial charge in [-0.2, -0.15) is 8.99 Å². The first-order valence-electron chi connectivity index (χ1n) is 9.87. The molecule has 3 aromatic rings. The number of morpholine rings is 1. The van der Waals surface area contributed by atoms with Gasteiger partial charge in [-0.1, -0.05) is 0 Å². The molecule has 1 aliphatic heterocycles. The molecule has 1 N–H and O–H groups in total. The van der Waals surface area contributed by atoms with Crippen LogP contribution in [0.15, 0.2) is 53.4 Å². The number of ether oxygens (including phenoxy) is 2. The summed E-state index contributed by atoms with van der Waals surface area (Å²) in [6, 6.07) is 13.0. The lowest BCUT2D eigenvalue weighted by molar-refractivity contribution is 0.0730. The van der Waals surface area contributed by atoms with Crippen molar-refractivity contribution in [1.29, 1.82) is 0 Å². The van der Waals surface area contributed by atoms with Gasteiger partial charge in [-0.25, -0.2) is 8.42 Å². The van der Waals surface area contributed by atoms with E-state index in [1.807, 2.05) is 0 Å². The van der Waals surface area contributed by atoms with Crippen molar-refractivity contribution >= 4 is 15.9 Å². The second-order valence-electron chi connectivity index (χ2n) is 6.93. The third-order valence-corrected chi connectivity index (χ3v) is 6.90. The Bertz CT molecular complexity index is 1170. The van der Waals surface area contributed by atoms with Gasteiger partial charge in [0.15, 0.2) is 5.82 Å². The molecule has 0 spiro atoms. The fourth-order valence-corrected chi connectivity index (χ4v) is 4.62. The molecule has 32 heavy (non-hydrogen) atoms. The van der Waals surface area contributed by atoms with E-state index < -0.39 is 10.0 Å². The van der Waals surface area contributed by atoms with Crippen molar-refractivity contribution in [2.45, 2.75) is 11.4 Å². The van der Waals surface area contributed by atoms with Gasteiger partial charge in [-0.3, -0.25) is 4.79 Å². The van der Waals surface area contributed by atoms with Crippen LogP contribution in [0.4, 0.5) is 0 Å². The number of rotatable bonds is 7. The summed E-state index contributed by atoms with van der Waals surface area (Å²) >= 11 is 0. The van der Waals surface area contributed by atoms with Crippen LogP contribution in [-0.4, -0.2) is 72.3 Å². The second kappa shape index (κ2) is 9.42. The van der Waals surface area contributed by atoms with Gasteiger partial charge in [0.25, 0.3) is 5.91 Å². The minimum Gasteiger partial charge on any atom is -0.497 e. The largest absolute Gasteiger partial charge is 0.497 e. The Hall–Kier alpha value is -3.35. The fraction of sp³-hybridized carbons (Fsp3) is 0.300. The fourth-order valence-electron chi connectivity index (χ4n) is 3.22. The van der Waals surface area contributed by atoms with E-state index >= 15 is 0 Å². The maximum absolute atomic E-state index is 12.7. The van der Waals surface area contributed by atoms with Gasteiger partial charge in [0.2, 0.25) is 10.0 Å². The third-order valence-electron chi connectivity index (χ3n) is 4.98. The molecular weight excluding hydrogens is 436 g/mol. The van der Waals surface area contributed by atoms with Crippen molar-refractivity contribution in [2.75, 3.05) is 33.4 Å². The topological polar surface area (TPSA) is 129 Å². The van der Waals surface area contributed by atoms with Crippen LogP contribution in [0, 0.1) is 0 Å². The molecule has 1 saturated heterocycles. The van der Waals surface area contributed by atoms with Gasteiger partial charge in [0.05, 0.1) is 37.5 Å². The minimum absolute atomic E-state index is 0.0890. The van der Waals surface area contributed by atoms with E-state index in [4.69, 9.17) is 9.47 Å². The summed E-state index contributed by atoms with van der Waals surface area (Å²) in [5, 5.41) is 14.3. The highest BCUT2D eigenvalue weighted by atomic mass is 32.2. The smallest absolute Gasteiger partial charge is 0.251 e. The summed E-state index contributed by atoms with van der Waals surface area (Å²) in [7, 11) is -2.03. The highest BCUT2D eigenvalue weighted by Crippen LogP contribution is 2.18. The maximum Gasteiger partial charge on any atom is 0.251 e. The molecule has 0 aliphatic carbocycles. The minimum atomic E-state index is -3.61. The highest BCUT2D eigenvalue weighted by molar-refractivity contribution is 7.89. The number of carbonyl (C=O) groups is 1. The molecule has 11 nitrogen and oxygen atoms in total. The maximum atomic E-state index is 12.7. The summed E-state index contributed by atoms with van der Waals surface area (Å²) in [6.45, 7) is 1.46. The van der Waals surface area contributed by atoms with E-state index in [1.165, 1.54) is 33.3 Å². The van der Waals surface area contributed by atoms with Crippen molar-refractivity contribution in [3.05, 3.63) is 59.9 Å². The van der Waals surface area contributed by atoms with E-state index in [-0.39, 0.29) is 17.3 Å². The van der Waals surface area contributed by atoms with E-state index in [0.29, 0.717) is 43.4 Å². The van der Waals surface area contributed by atoms with Crippen LogP contribution >= 0.6 is 0 Å². The number of tetrazole rings is 1. The Morgan fingerprint density at radius 3 is 2.44 bits per heavy atom. The zero-order valence-electron chi connectivity index (χ0n) is 17.3. The first-order valence-corrected chi connectivity index (χ1v) is 11.3. The number of nitrogens with one attached hydrogen (secondary N) is 1. The van der Waals surface area contributed by atoms with Gasteiger partial charge >= 0.3 is 0 Å². The quantitative estimate of drug-likeness (QED) is 0.546. The van der Waals surface area contributed by atoms with Crippen molar-refractivity contribution in [2.24, 2.45) is 0 Å². The molecule has 1 fully saturated rings. The van der Waals surface area contributed by atoms with Crippen LogP contribution in [0.1, 0.15) is 16.2 Å². The number of amides is 1. The number of carbonyl (C=O) groups excluding carboxylic acids is 1. The molecule has 0 unspecified atom stereocenters. The Morgan fingerprint density at radius 2 is 1.78 bits per heavy atom. The monoisotopic (exact) mass is 458 g/mol.